The molecule has 2 bridgehead atoms. The Labute approximate surface area is 304 Å². The second-order valence-electron chi connectivity index (χ2n) is 18.3. The molecule has 270 valence electrons. The van der Waals surface area contributed by atoms with E-state index in [1.165, 1.54) is 24.7 Å². The van der Waals surface area contributed by atoms with E-state index in [4.69, 9.17) is 9.47 Å². The molecule has 7 fully saturated rings. The largest absolute Gasteiger partial charge is 0.508 e. The summed E-state index contributed by atoms with van der Waals surface area (Å²) in [5.74, 6) is 1.02. The van der Waals surface area contributed by atoms with Gasteiger partial charge in [-0.2, -0.15) is 0 Å². The smallest absolute Gasteiger partial charge is 0.335 e. The summed E-state index contributed by atoms with van der Waals surface area (Å²) < 4.78 is 11.1. The van der Waals surface area contributed by atoms with Gasteiger partial charge in [0.05, 0.1) is 36.7 Å². The molecule has 52 heavy (non-hydrogen) atoms. The molecule has 13 rings (SSSR count). The molecular weight excluding hydrogens is 652 g/mol. The highest BCUT2D eigenvalue weighted by Crippen LogP contribution is 2.81. The van der Waals surface area contributed by atoms with Gasteiger partial charge in [0.2, 0.25) is 0 Å². The molecule has 3 N–H and O–H groups in total. The molecule has 3 saturated heterocycles. The number of phenolic OH excluding ortho intramolecular Hbond substituents is 1. The Kier molecular flexibility index (Phi) is 5.57. The van der Waals surface area contributed by atoms with Crippen molar-refractivity contribution in [1.82, 2.24) is 9.80 Å². The molecule has 9 nitrogen and oxygen atoms in total. The van der Waals surface area contributed by atoms with Gasteiger partial charge in [0.15, 0.2) is 0 Å². The lowest BCUT2D eigenvalue weighted by atomic mass is 9.38. The highest BCUT2D eigenvalue weighted by molar-refractivity contribution is 5.93. The quantitative estimate of drug-likeness (QED) is 0.271. The second kappa shape index (κ2) is 9.45. The van der Waals surface area contributed by atoms with Crippen LogP contribution < -0.4 is 10.6 Å². The van der Waals surface area contributed by atoms with Crippen molar-refractivity contribution < 1.29 is 24.2 Å². The topological polar surface area (TPSA) is 103 Å². The maximum Gasteiger partial charge on any atom is 0.335 e. The number of fused-ring (bicyclic) bond motifs is 5. The minimum absolute atomic E-state index is 0.00848. The summed E-state index contributed by atoms with van der Waals surface area (Å²) in [4.78, 5) is 33.0. The number of nitrogens with zero attached hydrogens (tertiary/aromatic N) is 2. The van der Waals surface area contributed by atoms with E-state index in [9.17, 15) is 14.7 Å². The van der Waals surface area contributed by atoms with Gasteiger partial charge in [-0.3, -0.25) is 14.6 Å². The number of nitrogens with one attached hydrogen (secondary N) is 2. The fourth-order valence-electron chi connectivity index (χ4n) is 15.6. The number of benzene rings is 2. The Hall–Kier alpha value is -3.82. The summed E-state index contributed by atoms with van der Waals surface area (Å²) in [6.45, 7) is 5.17. The summed E-state index contributed by atoms with van der Waals surface area (Å²) in [6, 6.07) is 13.6. The van der Waals surface area contributed by atoms with Gasteiger partial charge < -0.3 is 25.2 Å². The van der Waals surface area contributed by atoms with E-state index in [0.29, 0.717) is 24.0 Å². The lowest BCUT2D eigenvalue weighted by Gasteiger charge is -2.69. The van der Waals surface area contributed by atoms with E-state index in [1.807, 2.05) is 6.07 Å². The molecular formula is C43H48N4O5. The number of methoxy groups -OCH3 is 2. The number of phenols is 1. The number of hydrogen-bond acceptors (Lipinski definition) is 9. The second-order valence-corrected chi connectivity index (χ2v) is 18.3. The van der Waals surface area contributed by atoms with Crippen molar-refractivity contribution in [3.05, 3.63) is 76.5 Å². The number of ether oxygens (including phenoxy) is 2. The van der Waals surface area contributed by atoms with Gasteiger partial charge in [0.25, 0.3) is 0 Å². The zero-order valence-corrected chi connectivity index (χ0v) is 30.3. The number of piperidine rings is 1. The summed E-state index contributed by atoms with van der Waals surface area (Å²) in [5, 5.41) is 20.1. The molecule has 0 aromatic heterocycles. The number of esters is 2. The Morgan fingerprint density at radius 1 is 1.02 bits per heavy atom. The van der Waals surface area contributed by atoms with Crippen LogP contribution >= 0.6 is 0 Å². The average Bonchev–Trinajstić information content (AvgIpc) is 3.43. The number of carbonyl (C=O) groups is 2. The van der Waals surface area contributed by atoms with Crippen LogP contribution in [-0.2, 0) is 29.9 Å². The van der Waals surface area contributed by atoms with E-state index in [0.717, 1.165) is 86.4 Å². The zero-order valence-electron chi connectivity index (χ0n) is 30.3. The fraction of sp³-hybridized carbons (Fsp3) is 0.581. The van der Waals surface area contributed by atoms with Crippen LogP contribution in [0.5, 0.6) is 5.75 Å². The van der Waals surface area contributed by atoms with Crippen LogP contribution in [0.3, 0.4) is 0 Å². The molecule has 11 aliphatic rings. The third kappa shape index (κ3) is 3.07. The predicted octanol–water partition coefficient (Wildman–Crippen LogP) is 5.77. The van der Waals surface area contributed by atoms with Crippen molar-refractivity contribution in [3.63, 3.8) is 0 Å². The summed E-state index contributed by atoms with van der Waals surface area (Å²) in [7, 11) is 3.05. The van der Waals surface area contributed by atoms with E-state index in [1.54, 1.807) is 7.11 Å². The normalized spacial score (nSPS) is 44.8. The summed E-state index contributed by atoms with van der Waals surface area (Å²) in [5.41, 5.74) is 6.11. The SMILES string of the molecule is CCC12C=CCN3CCC4(C(=C(C(=O)OC)C1)Nc1cc(O)c(C5CC67c8ccccc8NC68CCC6(CC8C(=O)OC)C8CC8CN5C67)cc14)C32. The maximum atomic E-state index is 13.9. The summed E-state index contributed by atoms with van der Waals surface area (Å²) >= 11 is 0. The molecule has 11 unspecified atom stereocenters. The first kappa shape index (κ1) is 30.6. The molecule has 6 aliphatic heterocycles. The van der Waals surface area contributed by atoms with E-state index >= 15 is 0 Å². The lowest BCUT2D eigenvalue weighted by molar-refractivity contribution is -0.174. The maximum absolute atomic E-state index is 13.9. The number of hydrogen-bond donors (Lipinski definition) is 3. The molecule has 4 saturated carbocycles. The van der Waals surface area contributed by atoms with Crippen LogP contribution in [0.1, 0.15) is 81.0 Å². The number of aromatic hydroxyl groups is 1. The van der Waals surface area contributed by atoms with Crippen molar-refractivity contribution in [2.24, 2.45) is 28.6 Å². The van der Waals surface area contributed by atoms with Crippen LogP contribution in [0.25, 0.3) is 0 Å². The van der Waals surface area contributed by atoms with Gasteiger partial charge in [-0.05, 0) is 91.9 Å². The van der Waals surface area contributed by atoms with E-state index in [2.05, 4.69) is 69.8 Å². The van der Waals surface area contributed by atoms with E-state index < -0.39 is 11.0 Å². The molecule has 5 aliphatic carbocycles. The molecule has 6 heterocycles. The van der Waals surface area contributed by atoms with E-state index in [-0.39, 0.29) is 52.2 Å². The number of carbonyl (C=O) groups excluding carboxylic acids is 2. The molecule has 2 aromatic carbocycles. The van der Waals surface area contributed by atoms with Gasteiger partial charge in [-0.1, -0.05) is 37.3 Å². The standard InChI is InChI=1S/C43H48N4O5/c1-4-39-10-7-14-46-15-13-41(37(39)46)28-17-24(33(48)18-31(28)44-34(41)25(19-39)35(49)51-2)32-21-42-26-8-5-6-9-30(26)45-43(42)12-11-40(20-29(43)36(50)52-3)27-16-23(27)22-47(32)38(40)42/h5-10,17-18,23,27,29,32,37-38,44-45,48H,4,11-16,19-22H2,1-3H3. The highest BCUT2D eigenvalue weighted by Gasteiger charge is 2.84. The number of rotatable bonds is 4. The Bertz CT molecular complexity index is 2100. The van der Waals surface area contributed by atoms with Crippen molar-refractivity contribution in [3.8, 4) is 5.75 Å². The van der Waals surface area contributed by atoms with Crippen molar-refractivity contribution in [2.75, 3.05) is 44.5 Å². The number of para-hydroxylation sites is 1. The van der Waals surface area contributed by atoms with Gasteiger partial charge in [-0.25, -0.2) is 4.79 Å². The third-order valence-electron chi connectivity index (χ3n) is 17.1. The predicted molar refractivity (Wildman–Crippen MR) is 195 cm³/mol. The fourth-order valence-corrected chi connectivity index (χ4v) is 15.6. The van der Waals surface area contributed by atoms with Gasteiger partial charge in [0, 0.05) is 77.3 Å². The highest BCUT2D eigenvalue weighted by atomic mass is 16.5. The lowest BCUT2D eigenvalue weighted by Crippen LogP contribution is -2.77. The molecule has 0 radical (unpaired) electrons. The van der Waals surface area contributed by atoms with Crippen LogP contribution in [-0.4, -0.2) is 78.3 Å². The first-order chi connectivity index (χ1) is 25.2. The minimum atomic E-state index is -0.437. The molecule has 9 heteroatoms. The molecule has 4 spiro atoms. The third-order valence-corrected chi connectivity index (χ3v) is 17.1. The minimum Gasteiger partial charge on any atom is -0.508 e. The van der Waals surface area contributed by atoms with Crippen molar-refractivity contribution in [1.29, 1.82) is 0 Å². The van der Waals surface area contributed by atoms with Crippen molar-refractivity contribution in [2.45, 2.75) is 92.8 Å². The van der Waals surface area contributed by atoms with Crippen LogP contribution in [0.2, 0.25) is 0 Å². The van der Waals surface area contributed by atoms with Crippen LogP contribution in [0, 0.1) is 28.6 Å². The molecule has 0 amide bonds. The number of anilines is 2. The Morgan fingerprint density at radius 2 is 1.88 bits per heavy atom. The zero-order chi connectivity index (χ0) is 35.2. The van der Waals surface area contributed by atoms with Gasteiger partial charge in [-0.15, -0.1) is 0 Å². The monoisotopic (exact) mass is 700 g/mol. The van der Waals surface area contributed by atoms with Gasteiger partial charge in [0.1, 0.15) is 5.75 Å². The first-order valence-electron chi connectivity index (χ1n) is 19.8. The van der Waals surface area contributed by atoms with Gasteiger partial charge >= 0.3 is 11.9 Å². The summed E-state index contributed by atoms with van der Waals surface area (Å²) in [6.07, 6.45) is 12.2. The molecule has 2 aromatic rings. The Morgan fingerprint density at radius 3 is 2.71 bits per heavy atom. The first-order valence-corrected chi connectivity index (χ1v) is 19.8. The van der Waals surface area contributed by atoms with Crippen LogP contribution in [0.4, 0.5) is 11.4 Å². The van der Waals surface area contributed by atoms with Crippen molar-refractivity contribution >= 4 is 23.3 Å². The molecule has 11 atom stereocenters. The van der Waals surface area contributed by atoms with Crippen LogP contribution in [0.15, 0.2) is 59.8 Å². The average molecular weight is 701 g/mol. The Balaban J connectivity index is 1.07.